The minimum Gasteiger partial charge on any atom is -0.215 e. The molecule has 0 unspecified atom stereocenters. The predicted molar refractivity (Wildman–Crippen MR) is 75.5 cm³/mol. The van der Waals surface area contributed by atoms with E-state index in [1.165, 1.54) is 0 Å². The Morgan fingerprint density at radius 3 is 2.67 bits per heavy atom. The van der Waals surface area contributed by atoms with E-state index in [4.69, 9.17) is 0 Å². The van der Waals surface area contributed by atoms with Gasteiger partial charge in [-0.25, -0.2) is 23.3 Å². The van der Waals surface area contributed by atoms with Crippen molar-refractivity contribution in [2.24, 2.45) is 5.92 Å². The molecule has 4 nitrogen and oxygen atoms in total. The van der Waals surface area contributed by atoms with Crippen LogP contribution in [0.1, 0.15) is 49.7 Å². The molecule has 0 bridgehead atoms. The van der Waals surface area contributed by atoms with Crippen molar-refractivity contribution in [3.05, 3.63) is 23.3 Å². The highest BCUT2D eigenvalue weighted by Gasteiger charge is 2.35. The van der Waals surface area contributed by atoms with Crippen LogP contribution in [0.4, 0.5) is 8.78 Å². The first-order valence-corrected chi connectivity index (χ1v) is 7.56. The normalized spacial score (nSPS) is 19.2. The van der Waals surface area contributed by atoms with Crippen LogP contribution < -0.4 is 0 Å². The number of nitrogens with zero attached hydrogens (tertiary/aromatic N) is 4. The fraction of sp³-hybridized carbons (Fsp3) is 0.667. The molecule has 1 aliphatic carbocycles. The third kappa shape index (κ3) is 3.04. The number of halogens is 2. The molecule has 0 amide bonds. The quantitative estimate of drug-likeness (QED) is 0.871. The van der Waals surface area contributed by atoms with E-state index in [-0.39, 0.29) is 12.8 Å². The molecule has 114 valence electrons. The van der Waals surface area contributed by atoms with Crippen molar-refractivity contribution < 1.29 is 8.78 Å². The highest BCUT2D eigenvalue weighted by molar-refractivity contribution is 5.31. The summed E-state index contributed by atoms with van der Waals surface area (Å²) in [5.74, 6) is -1.57. The summed E-state index contributed by atoms with van der Waals surface area (Å²) in [4.78, 5) is 8.99. The number of aromatic nitrogens is 4. The van der Waals surface area contributed by atoms with E-state index in [1.807, 2.05) is 20.0 Å². The van der Waals surface area contributed by atoms with Crippen LogP contribution in [0, 0.1) is 12.8 Å². The molecule has 2 heterocycles. The summed E-state index contributed by atoms with van der Waals surface area (Å²) in [6.07, 6.45) is 4.58. The summed E-state index contributed by atoms with van der Waals surface area (Å²) in [6.45, 7) is 3.98. The maximum absolute atomic E-state index is 13.2. The first-order chi connectivity index (χ1) is 9.97. The van der Waals surface area contributed by atoms with Gasteiger partial charge in [-0.3, -0.25) is 0 Å². The molecular weight excluding hydrogens is 274 g/mol. The molecule has 6 heteroatoms. The van der Waals surface area contributed by atoms with Gasteiger partial charge >= 0.3 is 0 Å². The van der Waals surface area contributed by atoms with Gasteiger partial charge in [-0.1, -0.05) is 6.92 Å². The van der Waals surface area contributed by atoms with Crippen molar-refractivity contribution in [3.63, 3.8) is 0 Å². The Bertz CT molecular complexity index is 640. The van der Waals surface area contributed by atoms with Crippen LogP contribution in [0.25, 0.3) is 5.78 Å². The predicted octanol–water partition coefficient (Wildman–Crippen LogP) is 3.36. The summed E-state index contributed by atoms with van der Waals surface area (Å²) in [7, 11) is 0. The number of hydrogen-bond donors (Lipinski definition) is 0. The minimum absolute atomic E-state index is 0.000624. The average molecular weight is 294 g/mol. The third-order valence-corrected chi connectivity index (χ3v) is 4.30. The monoisotopic (exact) mass is 294 g/mol. The van der Waals surface area contributed by atoms with Crippen LogP contribution in [0.15, 0.2) is 6.20 Å². The first-order valence-electron chi connectivity index (χ1n) is 7.56. The van der Waals surface area contributed by atoms with Crippen molar-refractivity contribution in [1.82, 2.24) is 19.6 Å². The van der Waals surface area contributed by atoms with E-state index >= 15 is 0 Å². The van der Waals surface area contributed by atoms with Gasteiger partial charge in [0.15, 0.2) is 0 Å². The first kappa shape index (κ1) is 14.4. The van der Waals surface area contributed by atoms with Crippen LogP contribution in [-0.4, -0.2) is 25.5 Å². The number of rotatable bonds is 3. The Hall–Kier alpha value is -1.59. The number of alkyl halides is 2. The molecule has 0 radical (unpaired) electrons. The molecule has 0 N–H and O–H groups in total. The van der Waals surface area contributed by atoms with Crippen LogP contribution in [0.5, 0.6) is 0 Å². The minimum atomic E-state index is -2.47. The van der Waals surface area contributed by atoms with Gasteiger partial charge in [0.1, 0.15) is 0 Å². The second-order valence-electron chi connectivity index (χ2n) is 5.98. The summed E-state index contributed by atoms with van der Waals surface area (Å²) in [5, 5.41) is 4.45. The van der Waals surface area contributed by atoms with Gasteiger partial charge in [0.05, 0.1) is 23.3 Å². The Balaban J connectivity index is 1.76. The molecule has 1 saturated carbocycles. The second kappa shape index (κ2) is 5.31. The second-order valence-corrected chi connectivity index (χ2v) is 5.98. The molecule has 0 spiro atoms. The van der Waals surface area contributed by atoms with E-state index in [0.29, 0.717) is 24.5 Å². The van der Waals surface area contributed by atoms with Gasteiger partial charge in [-0.05, 0) is 38.5 Å². The van der Waals surface area contributed by atoms with E-state index in [9.17, 15) is 8.78 Å². The van der Waals surface area contributed by atoms with Gasteiger partial charge < -0.3 is 0 Å². The fourth-order valence-corrected chi connectivity index (χ4v) is 3.01. The lowest BCUT2D eigenvalue weighted by molar-refractivity contribution is -0.0457. The zero-order valence-electron chi connectivity index (χ0n) is 12.4. The standard InChI is InChI=1S/C15H20F2N4/c1-3-13-10(2)20-21-9-12(18-14(21)19-13)8-11-4-6-15(16,17)7-5-11/h9,11H,3-8H2,1-2H3. The molecule has 0 aromatic carbocycles. The Morgan fingerprint density at radius 2 is 2.00 bits per heavy atom. The van der Waals surface area contributed by atoms with Gasteiger partial charge in [0.2, 0.25) is 5.92 Å². The zero-order valence-corrected chi connectivity index (χ0v) is 12.4. The highest BCUT2D eigenvalue weighted by Crippen LogP contribution is 2.37. The smallest absolute Gasteiger partial charge is 0.215 e. The van der Waals surface area contributed by atoms with Crippen LogP contribution >= 0.6 is 0 Å². The Morgan fingerprint density at radius 1 is 1.29 bits per heavy atom. The lowest BCUT2D eigenvalue weighted by Gasteiger charge is -2.27. The Labute approximate surface area is 122 Å². The molecule has 2 aromatic rings. The average Bonchev–Trinajstić information content (AvgIpc) is 2.81. The molecule has 21 heavy (non-hydrogen) atoms. The number of fused-ring (bicyclic) bond motifs is 1. The lowest BCUT2D eigenvalue weighted by atomic mass is 9.84. The number of imidazole rings is 1. The number of hydrogen-bond acceptors (Lipinski definition) is 3. The maximum Gasteiger partial charge on any atom is 0.251 e. The van der Waals surface area contributed by atoms with Gasteiger partial charge in [0, 0.05) is 12.8 Å². The lowest BCUT2D eigenvalue weighted by Crippen LogP contribution is -2.25. The Kier molecular flexibility index (Phi) is 3.63. The van der Waals surface area contributed by atoms with Gasteiger partial charge in [0.25, 0.3) is 5.78 Å². The maximum atomic E-state index is 13.2. The number of aryl methyl sites for hydroxylation is 2. The van der Waals surface area contributed by atoms with E-state index in [0.717, 1.165) is 29.9 Å². The van der Waals surface area contributed by atoms with Crippen LogP contribution in [0.2, 0.25) is 0 Å². The fourth-order valence-electron chi connectivity index (χ4n) is 3.01. The molecule has 0 aliphatic heterocycles. The van der Waals surface area contributed by atoms with Crippen LogP contribution in [0.3, 0.4) is 0 Å². The molecule has 0 saturated heterocycles. The van der Waals surface area contributed by atoms with E-state index < -0.39 is 5.92 Å². The molecular formula is C15H20F2N4. The molecule has 1 aliphatic rings. The molecule has 2 aromatic heterocycles. The van der Waals surface area contributed by atoms with Gasteiger partial charge in [-0.15, -0.1) is 0 Å². The van der Waals surface area contributed by atoms with E-state index in [2.05, 4.69) is 15.1 Å². The summed E-state index contributed by atoms with van der Waals surface area (Å²) >= 11 is 0. The van der Waals surface area contributed by atoms with Crippen molar-refractivity contribution in [2.45, 2.75) is 58.3 Å². The highest BCUT2D eigenvalue weighted by atomic mass is 19.3. The third-order valence-electron chi connectivity index (χ3n) is 4.30. The zero-order chi connectivity index (χ0) is 15.0. The summed E-state index contributed by atoms with van der Waals surface area (Å²) in [6, 6.07) is 0. The van der Waals surface area contributed by atoms with E-state index in [1.54, 1.807) is 4.52 Å². The summed E-state index contributed by atoms with van der Waals surface area (Å²) < 4.78 is 28.0. The van der Waals surface area contributed by atoms with Crippen LogP contribution in [-0.2, 0) is 12.8 Å². The van der Waals surface area contributed by atoms with Crippen molar-refractivity contribution in [2.75, 3.05) is 0 Å². The molecule has 3 rings (SSSR count). The molecule has 1 fully saturated rings. The SMILES string of the molecule is CCc1nc2nc(CC3CCC(F)(F)CC3)cn2nc1C. The van der Waals surface area contributed by atoms with Crippen molar-refractivity contribution in [1.29, 1.82) is 0 Å². The largest absolute Gasteiger partial charge is 0.251 e. The molecule has 0 atom stereocenters. The van der Waals surface area contributed by atoms with Crippen molar-refractivity contribution >= 4 is 5.78 Å². The van der Waals surface area contributed by atoms with Crippen molar-refractivity contribution in [3.8, 4) is 0 Å². The topological polar surface area (TPSA) is 43.1 Å². The van der Waals surface area contributed by atoms with Gasteiger partial charge in [-0.2, -0.15) is 5.10 Å². The summed E-state index contributed by atoms with van der Waals surface area (Å²) in [5.41, 5.74) is 2.76.